The molecule has 0 aliphatic rings. The van der Waals surface area contributed by atoms with Crippen LogP contribution in [0.4, 0.5) is 0 Å². The summed E-state index contributed by atoms with van der Waals surface area (Å²) in [6.07, 6.45) is 20.8. The van der Waals surface area contributed by atoms with Crippen molar-refractivity contribution in [3.63, 3.8) is 0 Å². The smallest absolute Gasteiger partial charge is 1.00 e. The van der Waals surface area contributed by atoms with Crippen LogP contribution in [0.25, 0.3) is 0 Å². The van der Waals surface area contributed by atoms with E-state index >= 15 is 0 Å². The molecule has 0 amide bonds. The topological polar surface area (TPSA) is 72.9 Å². The molecule has 24 heavy (non-hydrogen) atoms. The second-order valence-corrected chi connectivity index (χ2v) is 4.50. The zero-order valence-corrected chi connectivity index (χ0v) is 17.2. The molecule has 0 bridgehead atoms. The number of aliphatic hydroxyl groups is 1. The van der Waals surface area contributed by atoms with Gasteiger partial charge in [-0.2, -0.15) is 0 Å². The average Bonchev–Trinajstić information content (AvgIpc) is 3.10. The van der Waals surface area contributed by atoms with Gasteiger partial charge in [-0.3, -0.25) is 4.79 Å². The molecule has 0 saturated heterocycles. The summed E-state index contributed by atoms with van der Waals surface area (Å²) in [5.41, 5.74) is -1.27. The van der Waals surface area contributed by atoms with Gasteiger partial charge >= 0.3 is 23.1 Å². The van der Waals surface area contributed by atoms with Crippen molar-refractivity contribution in [1.29, 1.82) is 0 Å². The van der Waals surface area contributed by atoms with Crippen LogP contribution in [0.15, 0.2) is 24.8 Å². The summed E-state index contributed by atoms with van der Waals surface area (Å²) >= 11 is 0. The van der Waals surface area contributed by atoms with Gasteiger partial charge < -0.3 is 44.1 Å². The summed E-state index contributed by atoms with van der Waals surface area (Å²) in [5.74, 6) is 3.25. The van der Waals surface area contributed by atoms with Gasteiger partial charge in [0, 0.05) is 45.8 Å². The second-order valence-electron chi connectivity index (χ2n) is 4.50. The Bertz CT molecular complexity index is 684. The minimum absolute atomic E-state index is 0. The number of nitrogens with zero attached hydrogens (tertiary/aromatic N) is 4. The Kier molecular flexibility index (Phi) is 14.5. The number of carbonyl (C=O) groups is 1. The molecule has 0 saturated carbocycles. The Morgan fingerprint density at radius 1 is 1.25 bits per heavy atom. The number of aryl methyl sites for hydroxylation is 2. The third-order valence-electron chi connectivity index (χ3n) is 2.67. The van der Waals surface area contributed by atoms with E-state index in [1.165, 1.54) is 13.8 Å². The molecule has 1 atom stereocenters. The molecule has 1 unspecified atom stereocenters. The summed E-state index contributed by atoms with van der Waals surface area (Å²) < 4.78 is 3.39. The first kappa shape index (κ1) is 27.3. The van der Waals surface area contributed by atoms with Gasteiger partial charge in [0.05, 0.1) is 0 Å². The first-order valence-corrected chi connectivity index (χ1v) is 6.24. The first-order valence-electron chi connectivity index (χ1n) is 6.24. The van der Waals surface area contributed by atoms with Gasteiger partial charge in [-0.1, -0.05) is 5.92 Å². The Labute approximate surface area is 169 Å². The van der Waals surface area contributed by atoms with E-state index in [1.807, 2.05) is 0 Å². The summed E-state index contributed by atoms with van der Waals surface area (Å²) in [4.78, 5) is 18.4. The summed E-state index contributed by atoms with van der Waals surface area (Å²) in [5, 5.41) is 9.54. The third-order valence-corrected chi connectivity index (χ3v) is 2.67. The van der Waals surface area contributed by atoms with Crippen molar-refractivity contribution in [3.8, 4) is 18.8 Å². The maximum atomic E-state index is 10.6. The van der Waals surface area contributed by atoms with Gasteiger partial charge in [-0.25, -0.2) is 9.97 Å². The largest absolute Gasteiger partial charge is 2.00 e. The molecule has 0 aliphatic heterocycles. The minimum atomic E-state index is -1.27. The molecule has 2 rings (SSSR count). The predicted octanol–water partition coefficient (Wildman–Crippen LogP) is -2.29. The van der Waals surface area contributed by atoms with Crippen molar-refractivity contribution >= 4 is 28.8 Å². The van der Waals surface area contributed by atoms with Crippen LogP contribution in [-0.2, 0) is 19.7 Å². The van der Waals surface area contributed by atoms with E-state index in [4.69, 9.17) is 12.8 Å². The van der Waals surface area contributed by atoms with Gasteiger partial charge in [0.2, 0.25) is 0 Å². The fraction of sp³-hybridized carbons (Fsp3) is 0.312. The second kappa shape index (κ2) is 12.8. The zero-order chi connectivity index (χ0) is 17.3. The van der Waals surface area contributed by atoms with E-state index < -0.39 is 5.60 Å². The molecule has 0 radical (unpaired) electrons. The normalized spacial score (nSPS) is 10.8. The van der Waals surface area contributed by atoms with E-state index in [0.29, 0.717) is 11.6 Å². The van der Waals surface area contributed by atoms with Crippen LogP contribution in [0.1, 0.15) is 30.3 Å². The molecule has 6 nitrogen and oxygen atoms in total. The molecule has 0 fully saturated rings. The maximum Gasteiger partial charge on any atom is 2.00 e. The van der Waals surface area contributed by atoms with E-state index in [1.54, 1.807) is 48.0 Å². The van der Waals surface area contributed by atoms with E-state index in [2.05, 4.69) is 22.3 Å². The van der Waals surface area contributed by atoms with Gasteiger partial charge in [0.15, 0.2) is 23.0 Å². The minimum Gasteiger partial charge on any atom is -1.00 e. The number of imidazole rings is 2. The number of halogens is 1. The number of Topliss-reactive ketones (excluding diaryl/α,β-unsaturated/α-hetero) is 1. The van der Waals surface area contributed by atoms with Gasteiger partial charge in [-0.05, 0) is 6.92 Å². The van der Waals surface area contributed by atoms with Crippen molar-refractivity contribution in [3.05, 3.63) is 42.9 Å². The number of aromatic nitrogens is 4. The molecule has 1 N–H and O–H groups in total. The van der Waals surface area contributed by atoms with Crippen molar-refractivity contribution in [2.45, 2.75) is 19.4 Å². The monoisotopic (exact) mass is 402 g/mol. The molecule has 0 aliphatic carbocycles. The van der Waals surface area contributed by atoms with Crippen molar-refractivity contribution in [2.24, 2.45) is 14.1 Å². The van der Waals surface area contributed by atoms with Crippen LogP contribution in [0.3, 0.4) is 0 Å². The first-order chi connectivity index (χ1) is 10.3. The zero-order valence-electron chi connectivity index (χ0n) is 14.2. The third kappa shape index (κ3) is 7.80. The molecular weight excluding hydrogens is 384 g/mol. The van der Waals surface area contributed by atoms with E-state index in [0.717, 1.165) is 0 Å². The van der Waals surface area contributed by atoms with Crippen molar-refractivity contribution in [1.82, 2.24) is 19.1 Å². The molecule has 2 aromatic rings. The van der Waals surface area contributed by atoms with Gasteiger partial charge in [0.1, 0.15) is 0 Å². The van der Waals surface area contributed by atoms with Gasteiger partial charge in [-0.15, -0.1) is 6.42 Å². The fourth-order valence-electron chi connectivity index (χ4n) is 1.60. The van der Waals surface area contributed by atoms with Crippen molar-refractivity contribution in [2.75, 3.05) is 0 Å². The Hall–Kier alpha value is -1.58. The molecule has 0 spiro atoms. The van der Waals surface area contributed by atoms with Crippen LogP contribution in [0.2, 0.25) is 0 Å². The van der Waals surface area contributed by atoms with Crippen LogP contribution >= 0.6 is 0 Å². The van der Waals surface area contributed by atoms with Crippen LogP contribution in [-0.4, -0.2) is 53.0 Å². The molecular formula is C16H19BrMgN4O2. The number of ketones is 1. The van der Waals surface area contributed by atoms with Crippen LogP contribution < -0.4 is 17.0 Å². The number of terminal acetylenes is 2. The number of rotatable bonds is 2. The SMILES string of the molecule is C#CC(C)(O)c1nccn1C.CC(=O)c1nccn1C.[Br-].[C-]#C.[Mg+2]. The van der Waals surface area contributed by atoms with Crippen molar-refractivity contribution < 1.29 is 26.9 Å². The van der Waals surface area contributed by atoms with E-state index in [-0.39, 0.29) is 45.8 Å². The maximum absolute atomic E-state index is 10.6. The molecule has 8 heteroatoms. The number of hydrogen-bond donors (Lipinski definition) is 1. The van der Waals surface area contributed by atoms with Gasteiger partial charge in [0.25, 0.3) is 0 Å². The van der Waals surface area contributed by atoms with Crippen LogP contribution in [0.5, 0.6) is 0 Å². The quantitative estimate of drug-likeness (QED) is 0.265. The summed E-state index contributed by atoms with van der Waals surface area (Å²) in [6.45, 7) is 3.04. The Morgan fingerprint density at radius 2 is 1.71 bits per heavy atom. The summed E-state index contributed by atoms with van der Waals surface area (Å²) in [6, 6.07) is 0. The number of hydrogen-bond acceptors (Lipinski definition) is 4. The van der Waals surface area contributed by atoms with E-state index in [9.17, 15) is 9.90 Å². The predicted molar refractivity (Wildman–Crippen MR) is 88.8 cm³/mol. The summed E-state index contributed by atoms with van der Waals surface area (Å²) in [7, 11) is 3.58. The Balaban J connectivity index is -0.000000313. The molecule has 124 valence electrons. The molecule has 2 heterocycles. The Morgan fingerprint density at radius 3 is 1.96 bits per heavy atom. The van der Waals surface area contributed by atoms with Crippen LogP contribution in [0, 0.1) is 25.2 Å². The fourth-order valence-corrected chi connectivity index (χ4v) is 1.60. The number of carbonyl (C=O) groups excluding carboxylic acids is 1. The molecule has 2 aromatic heterocycles. The molecule has 0 aromatic carbocycles. The average molecular weight is 404 g/mol. The standard InChI is InChI=1S/C8H10N2O.C6H8N2O.C2H.BrH.Mg/c1-4-8(2,11)7-9-5-6-10(7)3;1-5(9)6-7-3-4-8(6)2;1-2;;/h1,5-6,11H,2-3H3;3-4H,1-2H3;1H;1H;/q;;-1;;+2/p-1.